The normalized spacial score (nSPS) is 23.4. The molecule has 2 aliphatic rings. The first-order valence-electron chi connectivity index (χ1n) is 11.7. The zero-order chi connectivity index (χ0) is 24.5. The molecule has 2 heterocycles. The molecular formula is C27H28ClIN2O3. The lowest BCUT2D eigenvalue weighted by Gasteiger charge is -2.44. The van der Waals surface area contributed by atoms with Crippen LogP contribution in [-0.4, -0.2) is 21.8 Å². The molecule has 0 aliphatic carbocycles. The average molecular weight is 591 g/mol. The number of halogens is 2. The van der Waals surface area contributed by atoms with Crippen LogP contribution in [0.1, 0.15) is 68.7 Å². The van der Waals surface area contributed by atoms with Crippen molar-refractivity contribution in [3.8, 4) is 18.1 Å². The summed E-state index contributed by atoms with van der Waals surface area (Å²) in [6, 6.07) is 10.4. The van der Waals surface area contributed by atoms with Gasteiger partial charge in [-0.2, -0.15) is 0 Å². The number of benzene rings is 2. The molecule has 1 fully saturated rings. The van der Waals surface area contributed by atoms with E-state index in [4.69, 9.17) is 22.8 Å². The van der Waals surface area contributed by atoms with Gasteiger partial charge in [-0.1, -0.05) is 72.9 Å². The van der Waals surface area contributed by atoms with Gasteiger partial charge >= 0.3 is 0 Å². The largest absolute Gasteiger partial charge is 0.490 e. The summed E-state index contributed by atoms with van der Waals surface area (Å²) in [5, 5.41) is 6.68. The number of alkyl halides is 1. The predicted molar refractivity (Wildman–Crippen MR) is 144 cm³/mol. The molecule has 0 unspecified atom stereocenters. The quantitative estimate of drug-likeness (QED) is 0.239. The van der Waals surface area contributed by atoms with Crippen LogP contribution in [0.2, 0.25) is 5.02 Å². The van der Waals surface area contributed by atoms with Crippen molar-refractivity contribution in [2.24, 2.45) is 0 Å². The van der Waals surface area contributed by atoms with Gasteiger partial charge in [0.05, 0.1) is 12.1 Å². The average Bonchev–Trinajstić information content (AvgIpc) is 3.08. The zero-order valence-corrected chi connectivity index (χ0v) is 22.2. The summed E-state index contributed by atoms with van der Waals surface area (Å²) in [5.41, 5.74) is 1.86. The van der Waals surface area contributed by atoms with Gasteiger partial charge < -0.3 is 15.4 Å². The van der Waals surface area contributed by atoms with E-state index in [-0.39, 0.29) is 28.3 Å². The zero-order valence-electron chi connectivity index (χ0n) is 19.3. The van der Waals surface area contributed by atoms with Crippen LogP contribution in [0.4, 0.5) is 5.69 Å². The van der Waals surface area contributed by atoms with E-state index in [1.54, 1.807) is 12.1 Å². The lowest BCUT2D eigenvalue weighted by atomic mass is 9.67. The summed E-state index contributed by atoms with van der Waals surface area (Å²) in [5.74, 6) is 3.07. The van der Waals surface area contributed by atoms with E-state index in [0.29, 0.717) is 22.0 Å². The Morgan fingerprint density at radius 3 is 2.62 bits per heavy atom. The SMILES string of the molecule is C#Cc1ccc(OC(CCC)CCC)c([C@H]2NC(=O)C[C@@H](I)[C@]23C(=O)Nc2cc(Cl)ccc23)c1. The second kappa shape index (κ2) is 10.2. The summed E-state index contributed by atoms with van der Waals surface area (Å²) in [4.78, 5) is 26.5. The van der Waals surface area contributed by atoms with E-state index in [1.165, 1.54) is 0 Å². The molecule has 2 aromatic carbocycles. The molecule has 2 aromatic rings. The molecular weight excluding hydrogens is 563 g/mol. The van der Waals surface area contributed by atoms with Gasteiger partial charge in [-0.15, -0.1) is 6.42 Å². The molecule has 0 radical (unpaired) electrons. The van der Waals surface area contributed by atoms with Crippen molar-refractivity contribution >= 4 is 51.7 Å². The van der Waals surface area contributed by atoms with Gasteiger partial charge in [-0.3, -0.25) is 9.59 Å². The van der Waals surface area contributed by atoms with Crippen molar-refractivity contribution in [1.29, 1.82) is 0 Å². The Morgan fingerprint density at radius 2 is 1.94 bits per heavy atom. The number of ether oxygens (including phenoxy) is 1. The summed E-state index contributed by atoms with van der Waals surface area (Å²) in [7, 11) is 0. The molecule has 0 aromatic heterocycles. The number of carbonyl (C=O) groups is 2. The summed E-state index contributed by atoms with van der Waals surface area (Å²) in [6.07, 6.45) is 9.85. The van der Waals surface area contributed by atoms with Gasteiger partial charge in [0.1, 0.15) is 11.2 Å². The van der Waals surface area contributed by atoms with Crippen molar-refractivity contribution in [2.75, 3.05) is 5.32 Å². The van der Waals surface area contributed by atoms with Gasteiger partial charge in [0.15, 0.2) is 0 Å². The maximum Gasteiger partial charge on any atom is 0.238 e. The van der Waals surface area contributed by atoms with Crippen molar-refractivity contribution in [3.63, 3.8) is 0 Å². The Labute approximate surface area is 219 Å². The second-order valence-corrected chi connectivity index (χ2v) is 10.8. The van der Waals surface area contributed by atoms with E-state index >= 15 is 0 Å². The minimum absolute atomic E-state index is 0.0413. The smallest absolute Gasteiger partial charge is 0.238 e. The molecule has 0 bridgehead atoms. The van der Waals surface area contributed by atoms with Gasteiger partial charge in [0, 0.05) is 32.2 Å². The minimum atomic E-state index is -1.02. The van der Waals surface area contributed by atoms with Crippen molar-refractivity contribution < 1.29 is 14.3 Å². The highest BCUT2D eigenvalue weighted by Crippen LogP contribution is 2.55. The standard InChI is InChI=1S/C27H28ClIN2O3/c1-4-7-18(8-5-2)34-22-12-9-16(6-3)13-19(22)25-27(23(29)15-24(32)31-25)20-11-10-17(28)14-21(20)30-26(27)33/h3,9-14,18,23,25H,4-5,7-8,15H2,1-2H3,(H,30,33)(H,31,32)/t23-,25-,27+/m1/s1. The molecule has 2 amide bonds. The van der Waals surface area contributed by atoms with Gasteiger partial charge in [-0.05, 0) is 48.7 Å². The van der Waals surface area contributed by atoms with E-state index in [0.717, 1.165) is 36.8 Å². The molecule has 0 saturated carbocycles. The molecule has 2 aliphatic heterocycles. The minimum Gasteiger partial charge on any atom is -0.490 e. The number of hydrogen-bond acceptors (Lipinski definition) is 3. The third-order valence-electron chi connectivity index (χ3n) is 6.67. The number of hydrogen-bond donors (Lipinski definition) is 2. The molecule has 1 spiro atoms. The van der Waals surface area contributed by atoms with Crippen molar-refractivity contribution in [1.82, 2.24) is 5.32 Å². The maximum atomic E-state index is 13.7. The first-order valence-corrected chi connectivity index (χ1v) is 13.3. The number of fused-ring (bicyclic) bond motifs is 2. The molecule has 178 valence electrons. The Balaban J connectivity index is 1.90. The van der Waals surface area contributed by atoms with E-state index in [2.05, 4.69) is 53.0 Å². The fourth-order valence-corrected chi connectivity index (χ4v) is 6.69. The topological polar surface area (TPSA) is 67.4 Å². The summed E-state index contributed by atoms with van der Waals surface area (Å²) < 4.78 is 6.24. The summed E-state index contributed by atoms with van der Waals surface area (Å²) in [6.45, 7) is 4.27. The highest BCUT2D eigenvalue weighted by atomic mass is 127. The number of rotatable bonds is 7. The van der Waals surface area contributed by atoms with Crippen LogP contribution in [0.3, 0.4) is 0 Å². The van der Waals surface area contributed by atoms with Crippen LogP contribution in [0.15, 0.2) is 36.4 Å². The Hall–Kier alpha value is -2.24. The number of carbonyl (C=O) groups excluding carboxylic acids is 2. The number of anilines is 1. The third kappa shape index (κ3) is 4.29. The predicted octanol–water partition coefficient (Wildman–Crippen LogP) is 5.92. The van der Waals surface area contributed by atoms with Crippen LogP contribution in [0, 0.1) is 12.3 Å². The first-order chi connectivity index (χ1) is 16.3. The van der Waals surface area contributed by atoms with Gasteiger partial charge in [-0.25, -0.2) is 0 Å². The Kier molecular flexibility index (Phi) is 7.44. The van der Waals surface area contributed by atoms with E-state index in [9.17, 15) is 9.59 Å². The van der Waals surface area contributed by atoms with Crippen LogP contribution >= 0.6 is 34.2 Å². The lowest BCUT2D eigenvalue weighted by molar-refractivity contribution is -0.129. The number of nitrogens with one attached hydrogen (secondary N) is 2. The van der Waals surface area contributed by atoms with E-state index < -0.39 is 11.5 Å². The molecule has 2 N–H and O–H groups in total. The first kappa shape index (κ1) is 24.9. The van der Waals surface area contributed by atoms with Crippen molar-refractivity contribution in [3.05, 3.63) is 58.1 Å². The number of amides is 2. The Bertz CT molecular complexity index is 1160. The highest BCUT2D eigenvalue weighted by molar-refractivity contribution is 14.1. The molecule has 34 heavy (non-hydrogen) atoms. The fourth-order valence-electron chi connectivity index (χ4n) is 5.14. The fraction of sp³-hybridized carbons (Fsp3) is 0.407. The monoisotopic (exact) mass is 590 g/mol. The molecule has 3 atom stereocenters. The van der Waals surface area contributed by atoms with Crippen LogP contribution in [-0.2, 0) is 15.0 Å². The van der Waals surface area contributed by atoms with Gasteiger partial charge in [0.25, 0.3) is 0 Å². The van der Waals surface area contributed by atoms with Crippen LogP contribution in [0.25, 0.3) is 0 Å². The number of piperidine rings is 1. The van der Waals surface area contributed by atoms with E-state index in [1.807, 2.05) is 24.3 Å². The third-order valence-corrected chi connectivity index (χ3v) is 8.33. The second-order valence-electron chi connectivity index (χ2n) is 8.90. The van der Waals surface area contributed by atoms with Crippen molar-refractivity contribution in [2.45, 2.75) is 67.4 Å². The Morgan fingerprint density at radius 1 is 1.21 bits per heavy atom. The highest BCUT2D eigenvalue weighted by Gasteiger charge is 2.60. The lowest BCUT2D eigenvalue weighted by Crippen LogP contribution is -2.58. The molecule has 4 rings (SSSR count). The molecule has 1 saturated heterocycles. The molecule has 7 heteroatoms. The number of terminal acetylenes is 1. The maximum absolute atomic E-state index is 13.7. The molecule has 5 nitrogen and oxygen atoms in total. The van der Waals surface area contributed by atoms with Crippen LogP contribution in [0.5, 0.6) is 5.75 Å². The van der Waals surface area contributed by atoms with Crippen LogP contribution < -0.4 is 15.4 Å². The summed E-state index contributed by atoms with van der Waals surface area (Å²) >= 11 is 8.46. The van der Waals surface area contributed by atoms with Gasteiger partial charge in [0.2, 0.25) is 11.8 Å².